The summed E-state index contributed by atoms with van der Waals surface area (Å²) in [6, 6.07) is 4.84. The first-order valence-corrected chi connectivity index (χ1v) is 7.67. The molecular formula is C17H25N3. The number of nitrogens with zero attached hydrogens (tertiary/aromatic N) is 2. The lowest BCUT2D eigenvalue weighted by atomic mass is 10.0. The average molecular weight is 271 g/mol. The summed E-state index contributed by atoms with van der Waals surface area (Å²) in [6.07, 6.45) is 2.17. The largest absolute Gasteiger partial charge is 0.345 e. The lowest BCUT2D eigenvalue weighted by molar-refractivity contribution is 0.353. The van der Waals surface area contributed by atoms with Gasteiger partial charge in [-0.1, -0.05) is 0 Å². The van der Waals surface area contributed by atoms with Gasteiger partial charge in [0.15, 0.2) is 0 Å². The number of nitrogens with two attached hydrogens (primary N) is 1. The summed E-state index contributed by atoms with van der Waals surface area (Å²) < 4.78 is 2.46. The Bertz CT molecular complexity index is 639. The van der Waals surface area contributed by atoms with Gasteiger partial charge in [0, 0.05) is 36.2 Å². The maximum absolute atomic E-state index is 5.70. The second kappa shape index (κ2) is 5.23. The minimum Gasteiger partial charge on any atom is -0.345 e. The van der Waals surface area contributed by atoms with Crippen molar-refractivity contribution in [3.63, 3.8) is 0 Å². The summed E-state index contributed by atoms with van der Waals surface area (Å²) >= 11 is 0. The molecule has 2 heterocycles. The van der Waals surface area contributed by atoms with Crippen LogP contribution in [0.3, 0.4) is 0 Å². The van der Waals surface area contributed by atoms with Crippen LogP contribution in [0, 0.1) is 6.92 Å². The fraction of sp³-hybridized carbons (Fsp3) is 0.529. The number of aromatic nitrogens is 1. The van der Waals surface area contributed by atoms with E-state index in [-0.39, 0.29) is 0 Å². The average Bonchev–Trinajstić information content (AvgIpc) is 2.90. The van der Waals surface area contributed by atoms with Crippen molar-refractivity contribution >= 4 is 10.9 Å². The van der Waals surface area contributed by atoms with Gasteiger partial charge in [0.1, 0.15) is 0 Å². The molecule has 3 heteroatoms. The lowest BCUT2D eigenvalue weighted by Gasteiger charge is -2.05. The van der Waals surface area contributed by atoms with E-state index in [0.717, 1.165) is 39.0 Å². The molecule has 108 valence electrons. The maximum Gasteiger partial charge on any atom is 0.0488 e. The van der Waals surface area contributed by atoms with Crippen LogP contribution in [0.1, 0.15) is 35.7 Å². The van der Waals surface area contributed by atoms with Gasteiger partial charge in [-0.05, 0) is 69.1 Å². The molecule has 2 N–H and O–H groups in total. The third-order valence-electron chi connectivity index (χ3n) is 4.60. The SMILES string of the molecule is CCn1c(C)c(CCCN)c2cc3c(cc21)CN(C)C3. The Hall–Kier alpha value is -1.32. The Kier molecular flexibility index (Phi) is 3.57. The van der Waals surface area contributed by atoms with Gasteiger partial charge in [-0.2, -0.15) is 0 Å². The summed E-state index contributed by atoms with van der Waals surface area (Å²) in [4.78, 5) is 2.38. The zero-order chi connectivity index (χ0) is 14.3. The molecule has 1 aromatic carbocycles. The molecule has 2 aromatic rings. The van der Waals surface area contributed by atoms with Crippen LogP contribution in [0.2, 0.25) is 0 Å². The topological polar surface area (TPSA) is 34.2 Å². The number of hydrogen-bond donors (Lipinski definition) is 1. The maximum atomic E-state index is 5.70. The molecule has 0 saturated heterocycles. The Morgan fingerprint density at radius 1 is 1.20 bits per heavy atom. The van der Waals surface area contributed by atoms with E-state index in [1.54, 1.807) is 0 Å². The zero-order valence-electron chi connectivity index (χ0n) is 12.9. The fourth-order valence-corrected chi connectivity index (χ4v) is 3.61. The quantitative estimate of drug-likeness (QED) is 0.928. The molecule has 0 saturated carbocycles. The summed E-state index contributed by atoms with van der Waals surface area (Å²) in [7, 11) is 2.19. The van der Waals surface area contributed by atoms with E-state index in [4.69, 9.17) is 5.73 Å². The van der Waals surface area contributed by atoms with Gasteiger partial charge in [0.05, 0.1) is 0 Å². The molecule has 0 radical (unpaired) electrons. The van der Waals surface area contributed by atoms with Gasteiger partial charge in [0.2, 0.25) is 0 Å². The van der Waals surface area contributed by atoms with Crippen molar-refractivity contribution in [2.75, 3.05) is 13.6 Å². The molecule has 1 aliphatic heterocycles. The Morgan fingerprint density at radius 2 is 1.90 bits per heavy atom. The van der Waals surface area contributed by atoms with Crippen molar-refractivity contribution in [3.8, 4) is 0 Å². The smallest absolute Gasteiger partial charge is 0.0488 e. The van der Waals surface area contributed by atoms with Crippen molar-refractivity contribution < 1.29 is 0 Å². The minimum absolute atomic E-state index is 0.770. The number of hydrogen-bond acceptors (Lipinski definition) is 2. The summed E-state index contributed by atoms with van der Waals surface area (Å²) in [5.74, 6) is 0. The molecule has 0 aliphatic carbocycles. The van der Waals surface area contributed by atoms with Crippen LogP contribution in [0.4, 0.5) is 0 Å². The number of benzene rings is 1. The van der Waals surface area contributed by atoms with E-state index >= 15 is 0 Å². The fourth-order valence-electron chi connectivity index (χ4n) is 3.61. The van der Waals surface area contributed by atoms with Gasteiger partial charge >= 0.3 is 0 Å². The molecule has 0 spiro atoms. The highest BCUT2D eigenvalue weighted by Gasteiger charge is 2.20. The van der Waals surface area contributed by atoms with E-state index in [2.05, 4.69) is 42.5 Å². The molecule has 0 fully saturated rings. The van der Waals surface area contributed by atoms with Crippen LogP contribution in [0.25, 0.3) is 10.9 Å². The highest BCUT2D eigenvalue weighted by Crippen LogP contribution is 2.33. The highest BCUT2D eigenvalue weighted by molar-refractivity contribution is 5.87. The predicted molar refractivity (Wildman–Crippen MR) is 84.9 cm³/mol. The molecule has 0 atom stereocenters. The predicted octanol–water partition coefficient (Wildman–Crippen LogP) is 2.81. The first-order valence-electron chi connectivity index (χ1n) is 7.67. The standard InChI is InChI=1S/C17H25N3/c1-4-20-12(2)15(6-5-7-18)16-8-13-10-19(3)11-14(13)9-17(16)20/h8-9H,4-7,10-11,18H2,1-3H3. The molecular weight excluding hydrogens is 246 g/mol. The third-order valence-corrected chi connectivity index (χ3v) is 4.60. The molecule has 1 aliphatic rings. The highest BCUT2D eigenvalue weighted by atomic mass is 15.1. The monoisotopic (exact) mass is 271 g/mol. The molecule has 1 aromatic heterocycles. The number of fused-ring (bicyclic) bond motifs is 2. The van der Waals surface area contributed by atoms with E-state index in [1.807, 2.05) is 0 Å². The van der Waals surface area contributed by atoms with Crippen LogP contribution in [0.15, 0.2) is 12.1 Å². The molecule has 3 rings (SSSR count). The lowest BCUT2D eigenvalue weighted by Crippen LogP contribution is -2.07. The van der Waals surface area contributed by atoms with E-state index < -0.39 is 0 Å². The number of rotatable bonds is 4. The summed E-state index contributed by atoms with van der Waals surface area (Å²) in [5.41, 5.74) is 13.0. The first kappa shape index (κ1) is 13.7. The summed E-state index contributed by atoms with van der Waals surface area (Å²) in [6.45, 7) is 8.46. The van der Waals surface area contributed by atoms with Crippen molar-refractivity contribution in [2.24, 2.45) is 5.73 Å². The Morgan fingerprint density at radius 3 is 2.55 bits per heavy atom. The Balaban J connectivity index is 2.18. The molecule has 20 heavy (non-hydrogen) atoms. The summed E-state index contributed by atoms with van der Waals surface area (Å²) in [5, 5.41) is 1.45. The van der Waals surface area contributed by atoms with Crippen molar-refractivity contribution in [1.29, 1.82) is 0 Å². The number of aryl methyl sites for hydroxylation is 2. The van der Waals surface area contributed by atoms with Crippen LogP contribution in [0.5, 0.6) is 0 Å². The van der Waals surface area contributed by atoms with E-state index in [0.29, 0.717) is 0 Å². The van der Waals surface area contributed by atoms with Crippen LogP contribution in [-0.4, -0.2) is 23.1 Å². The van der Waals surface area contributed by atoms with Crippen molar-refractivity contribution in [1.82, 2.24) is 9.47 Å². The molecule has 0 unspecified atom stereocenters. The van der Waals surface area contributed by atoms with Crippen molar-refractivity contribution in [3.05, 3.63) is 34.5 Å². The van der Waals surface area contributed by atoms with Gasteiger partial charge in [-0.25, -0.2) is 0 Å². The first-order chi connectivity index (χ1) is 9.65. The van der Waals surface area contributed by atoms with Crippen LogP contribution in [-0.2, 0) is 26.1 Å². The zero-order valence-corrected chi connectivity index (χ0v) is 12.9. The normalized spacial score (nSPS) is 15.2. The molecule has 3 nitrogen and oxygen atoms in total. The third kappa shape index (κ3) is 2.05. The van der Waals surface area contributed by atoms with Gasteiger partial charge in [-0.3, -0.25) is 4.90 Å². The van der Waals surface area contributed by atoms with Gasteiger partial charge in [0.25, 0.3) is 0 Å². The van der Waals surface area contributed by atoms with E-state index in [9.17, 15) is 0 Å². The minimum atomic E-state index is 0.770. The van der Waals surface area contributed by atoms with Crippen LogP contribution < -0.4 is 5.73 Å². The van der Waals surface area contributed by atoms with Gasteiger partial charge in [-0.15, -0.1) is 0 Å². The molecule has 0 amide bonds. The van der Waals surface area contributed by atoms with E-state index in [1.165, 1.54) is 33.3 Å². The second-order valence-corrected chi connectivity index (χ2v) is 6.01. The second-order valence-electron chi connectivity index (χ2n) is 6.01. The Labute approximate surface area is 121 Å². The van der Waals surface area contributed by atoms with Gasteiger partial charge < -0.3 is 10.3 Å². The van der Waals surface area contributed by atoms with Crippen molar-refractivity contribution in [2.45, 2.75) is 46.3 Å². The van der Waals surface area contributed by atoms with Crippen LogP contribution >= 0.6 is 0 Å². The molecule has 0 bridgehead atoms.